The Balaban J connectivity index is 1.91. The van der Waals surface area contributed by atoms with Gasteiger partial charge in [0.1, 0.15) is 0 Å². The lowest BCUT2D eigenvalue weighted by Gasteiger charge is -2.03. The molecule has 0 saturated carbocycles. The molecular weight excluding hydrogens is 254 g/mol. The average Bonchev–Trinajstić information content (AvgIpc) is 3.10. The summed E-state index contributed by atoms with van der Waals surface area (Å²) in [6.07, 6.45) is 0. The van der Waals surface area contributed by atoms with Crippen molar-refractivity contribution >= 4 is 40.2 Å². The van der Waals surface area contributed by atoms with Crippen LogP contribution in [0, 0.1) is 0 Å². The largest absolute Gasteiger partial charge is 0.326 e. The molecule has 3 nitrogen and oxygen atoms in total. The van der Waals surface area contributed by atoms with Crippen molar-refractivity contribution in [3.8, 4) is 0 Å². The van der Waals surface area contributed by atoms with E-state index in [2.05, 4.69) is 5.32 Å². The summed E-state index contributed by atoms with van der Waals surface area (Å²) < 4.78 is 0. The molecule has 1 aromatic carbocycles. The fourth-order valence-electron chi connectivity index (χ4n) is 1.31. The van der Waals surface area contributed by atoms with Crippen LogP contribution >= 0.6 is 23.5 Å². The van der Waals surface area contributed by atoms with Gasteiger partial charge in [0.15, 0.2) is 0 Å². The molecule has 0 bridgehead atoms. The first-order valence-corrected chi connectivity index (χ1v) is 7.35. The Kier molecular flexibility index (Phi) is 4.12. The summed E-state index contributed by atoms with van der Waals surface area (Å²) in [4.78, 5) is 22.6. The number of benzene rings is 1. The molecule has 1 unspecified atom stereocenters. The van der Waals surface area contributed by atoms with Gasteiger partial charge in [-0.25, -0.2) is 0 Å². The molecule has 0 radical (unpaired) electrons. The molecule has 2 rings (SSSR count). The van der Waals surface area contributed by atoms with E-state index in [0.717, 1.165) is 11.4 Å². The van der Waals surface area contributed by atoms with Gasteiger partial charge in [0.25, 0.3) is 0 Å². The van der Waals surface area contributed by atoms with E-state index in [9.17, 15) is 9.59 Å². The van der Waals surface area contributed by atoms with E-state index in [0.29, 0.717) is 10.8 Å². The first kappa shape index (κ1) is 12.5. The quantitative estimate of drug-likeness (QED) is 0.852. The smallest absolute Gasteiger partial charge is 0.221 e. The monoisotopic (exact) mass is 267 g/mol. The van der Waals surface area contributed by atoms with E-state index in [4.69, 9.17) is 0 Å². The van der Waals surface area contributed by atoms with E-state index in [1.165, 1.54) is 24.4 Å². The maximum absolute atomic E-state index is 11.8. The van der Waals surface area contributed by atoms with Crippen LogP contribution in [-0.4, -0.2) is 27.8 Å². The number of hydrogen-bond acceptors (Lipinski definition) is 4. The number of amides is 1. The summed E-state index contributed by atoms with van der Waals surface area (Å²) in [5, 5.41) is 3.44. The molecule has 1 fully saturated rings. The minimum atomic E-state index is -0.107. The molecule has 0 aromatic heterocycles. The summed E-state index contributed by atoms with van der Waals surface area (Å²) in [5.41, 5.74) is 1.41. The molecule has 1 atom stereocenters. The van der Waals surface area contributed by atoms with Gasteiger partial charge in [0.2, 0.25) is 11.0 Å². The Morgan fingerprint density at radius 3 is 2.59 bits per heavy atom. The molecule has 1 amide bonds. The second-order valence-corrected chi connectivity index (χ2v) is 6.14. The number of carbonyl (C=O) groups excluding carboxylic acids is 2. The highest BCUT2D eigenvalue weighted by molar-refractivity contribution is 8.15. The molecule has 1 saturated heterocycles. The summed E-state index contributed by atoms with van der Waals surface area (Å²) >= 11 is 3.27. The van der Waals surface area contributed by atoms with Crippen molar-refractivity contribution in [3.63, 3.8) is 0 Å². The van der Waals surface area contributed by atoms with Crippen LogP contribution in [0.4, 0.5) is 5.69 Å². The van der Waals surface area contributed by atoms with E-state index < -0.39 is 0 Å². The van der Waals surface area contributed by atoms with Gasteiger partial charge in [0, 0.05) is 34.9 Å². The maximum atomic E-state index is 11.8. The van der Waals surface area contributed by atoms with Gasteiger partial charge in [0.05, 0.1) is 0 Å². The molecular formula is C12H13NO2S2. The zero-order chi connectivity index (χ0) is 12.3. The highest BCUT2D eigenvalue weighted by Gasteiger charge is 2.23. The normalized spacial score (nSPS) is 17.6. The van der Waals surface area contributed by atoms with E-state index in [-0.39, 0.29) is 11.0 Å². The topological polar surface area (TPSA) is 46.2 Å². The molecule has 17 heavy (non-hydrogen) atoms. The first-order valence-electron chi connectivity index (χ1n) is 5.31. The van der Waals surface area contributed by atoms with E-state index in [1.54, 1.807) is 24.3 Å². The molecule has 1 heterocycles. The second-order valence-electron chi connectivity index (χ2n) is 3.81. The molecule has 0 aliphatic carbocycles. The fraction of sp³-hybridized carbons (Fsp3) is 0.333. The van der Waals surface area contributed by atoms with Crippen molar-refractivity contribution in [2.24, 2.45) is 0 Å². The first-order chi connectivity index (χ1) is 8.15. The lowest BCUT2D eigenvalue weighted by Crippen LogP contribution is -2.06. The number of thioether (sulfide) groups is 2. The molecule has 1 aromatic rings. The summed E-state index contributed by atoms with van der Waals surface area (Å²) in [5.74, 6) is 1.97. The molecule has 1 N–H and O–H groups in total. The number of carbonyl (C=O) groups is 2. The van der Waals surface area contributed by atoms with Gasteiger partial charge >= 0.3 is 0 Å². The van der Waals surface area contributed by atoms with Gasteiger partial charge in [-0.2, -0.15) is 11.8 Å². The predicted molar refractivity (Wildman–Crippen MR) is 73.8 cm³/mol. The number of rotatable bonds is 4. The van der Waals surface area contributed by atoms with Gasteiger partial charge in [-0.05, 0) is 24.3 Å². The average molecular weight is 267 g/mol. The Hall–Kier alpha value is -0.940. The van der Waals surface area contributed by atoms with Crippen molar-refractivity contribution in [1.82, 2.24) is 0 Å². The highest BCUT2D eigenvalue weighted by Crippen LogP contribution is 2.33. The van der Waals surface area contributed by atoms with Crippen molar-refractivity contribution in [1.29, 1.82) is 0 Å². The van der Waals surface area contributed by atoms with E-state index >= 15 is 0 Å². The van der Waals surface area contributed by atoms with Crippen LogP contribution in [-0.2, 0) is 4.79 Å². The van der Waals surface area contributed by atoms with Gasteiger partial charge in [-0.15, -0.1) is 0 Å². The van der Waals surface area contributed by atoms with Gasteiger partial charge in [-0.1, -0.05) is 11.8 Å². The minimum absolute atomic E-state index is 0.104. The van der Waals surface area contributed by atoms with Crippen LogP contribution in [0.2, 0.25) is 0 Å². The van der Waals surface area contributed by atoms with Crippen molar-refractivity contribution < 1.29 is 9.59 Å². The zero-order valence-electron chi connectivity index (χ0n) is 9.43. The standard InChI is InChI=1S/C12H13NO2S2/c1-8(14)13-10-4-2-9(3-5-10)12(15)17-7-11-6-16-11/h2-5,11H,6-7H2,1H3,(H,13,14). The lowest BCUT2D eigenvalue weighted by atomic mass is 10.2. The molecule has 1 aliphatic rings. The lowest BCUT2D eigenvalue weighted by molar-refractivity contribution is -0.114. The minimum Gasteiger partial charge on any atom is -0.326 e. The van der Waals surface area contributed by atoms with Crippen LogP contribution in [0.3, 0.4) is 0 Å². The molecule has 90 valence electrons. The summed E-state index contributed by atoms with van der Waals surface area (Å²) in [6, 6.07) is 7.00. The van der Waals surface area contributed by atoms with Crippen LogP contribution in [0.5, 0.6) is 0 Å². The van der Waals surface area contributed by atoms with Crippen molar-refractivity contribution in [3.05, 3.63) is 29.8 Å². The Morgan fingerprint density at radius 1 is 1.41 bits per heavy atom. The second kappa shape index (κ2) is 5.60. The van der Waals surface area contributed by atoms with Crippen molar-refractivity contribution in [2.75, 3.05) is 16.8 Å². The number of hydrogen-bond donors (Lipinski definition) is 1. The van der Waals surface area contributed by atoms with Crippen LogP contribution in [0.15, 0.2) is 24.3 Å². The zero-order valence-corrected chi connectivity index (χ0v) is 11.1. The third-order valence-corrected chi connectivity index (χ3v) is 4.49. The van der Waals surface area contributed by atoms with E-state index in [1.807, 2.05) is 11.8 Å². The van der Waals surface area contributed by atoms with Gasteiger partial charge < -0.3 is 5.32 Å². The SMILES string of the molecule is CC(=O)Nc1ccc(C(=O)SCC2CS2)cc1. The van der Waals surface area contributed by atoms with Crippen LogP contribution in [0.25, 0.3) is 0 Å². The number of anilines is 1. The van der Waals surface area contributed by atoms with Crippen LogP contribution < -0.4 is 5.32 Å². The summed E-state index contributed by atoms with van der Waals surface area (Å²) in [7, 11) is 0. The Labute approximate surface area is 109 Å². The summed E-state index contributed by atoms with van der Waals surface area (Å²) in [6.45, 7) is 1.46. The molecule has 5 heteroatoms. The maximum Gasteiger partial charge on any atom is 0.221 e. The third-order valence-electron chi connectivity index (χ3n) is 2.24. The number of nitrogens with one attached hydrogen (secondary N) is 1. The third kappa shape index (κ3) is 4.09. The Morgan fingerprint density at radius 2 is 2.06 bits per heavy atom. The molecule has 0 spiro atoms. The highest BCUT2D eigenvalue weighted by atomic mass is 32.2. The fourth-order valence-corrected chi connectivity index (χ4v) is 3.06. The van der Waals surface area contributed by atoms with Gasteiger partial charge in [-0.3, -0.25) is 9.59 Å². The predicted octanol–water partition coefficient (Wildman–Crippen LogP) is 2.63. The molecule has 1 aliphatic heterocycles. The Bertz CT molecular complexity index is 427. The van der Waals surface area contributed by atoms with Crippen molar-refractivity contribution in [2.45, 2.75) is 12.2 Å². The van der Waals surface area contributed by atoms with Crippen LogP contribution in [0.1, 0.15) is 17.3 Å².